The van der Waals surface area contributed by atoms with Gasteiger partial charge in [-0.3, -0.25) is 0 Å². The largest absolute Gasteiger partial charge is 0.370 e. The van der Waals surface area contributed by atoms with Gasteiger partial charge in [-0.25, -0.2) is 8.78 Å². The second-order valence-electron chi connectivity index (χ2n) is 6.04. The van der Waals surface area contributed by atoms with Crippen LogP contribution in [0.15, 0.2) is 60.7 Å². The summed E-state index contributed by atoms with van der Waals surface area (Å²) in [4.78, 5) is 2.21. The van der Waals surface area contributed by atoms with Crippen molar-refractivity contribution in [2.45, 2.75) is 18.8 Å². The normalized spacial score (nSPS) is 22.0. The van der Waals surface area contributed by atoms with Gasteiger partial charge in [-0.15, -0.1) is 0 Å². The first-order chi connectivity index (χ1) is 10.5. The van der Waals surface area contributed by atoms with Crippen LogP contribution in [0, 0.1) is 11.6 Å². The standard InChI is InChI=1S/C19H19F2N/c1-14-11-12-22(15-7-4-3-5-8-15)13-19(14,2)16-9-6-10-17(20)18(16)21/h3-10H,1,11-13H2,2H3. The molecule has 2 aromatic rings. The van der Waals surface area contributed by atoms with Gasteiger partial charge < -0.3 is 4.90 Å². The third-order valence-electron chi connectivity index (χ3n) is 4.64. The van der Waals surface area contributed by atoms with Gasteiger partial charge in [-0.05, 0) is 31.5 Å². The van der Waals surface area contributed by atoms with Crippen molar-refractivity contribution in [3.05, 3.63) is 77.9 Å². The molecule has 2 aromatic carbocycles. The molecule has 1 heterocycles. The molecule has 1 saturated heterocycles. The fraction of sp³-hybridized carbons (Fsp3) is 0.263. The third kappa shape index (κ3) is 2.41. The van der Waals surface area contributed by atoms with E-state index in [0.717, 1.165) is 30.3 Å². The maximum Gasteiger partial charge on any atom is 0.162 e. The van der Waals surface area contributed by atoms with E-state index in [-0.39, 0.29) is 0 Å². The zero-order valence-corrected chi connectivity index (χ0v) is 12.7. The molecule has 114 valence electrons. The molecule has 0 spiro atoms. The lowest BCUT2D eigenvalue weighted by Crippen LogP contribution is -2.46. The van der Waals surface area contributed by atoms with E-state index < -0.39 is 17.0 Å². The second-order valence-corrected chi connectivity index (χ2v) is 6.04. The van der Waals surface area contributed by atoms with Crippen molar-refractivity contribution in [2.75, 3.05) is 18.0 Å². The lowest BCUT2D eigenvalue weighted by Gasteiger charge is -2.43. The van der Waals surface area contributed by atoms with Gasteiger partial charge in [-0.1, -0.05) is 42.5 Å². The molecule has 1 aliphatic heterocycles. The summed E-state index contributed by atoms with van der Waals surface area (Å²) >= 11 is 0. The molecule has 1 atom stereocenters. The van der Waals surface area contributed by atoms with E-state index >= 15 is 0 Å². The van der Waals surface area contributed by atoms with Gasteiger partial charge in [0, 0.05) is 29.8 Å². The van der Waals surface area contributed by atoms with E-state index in [1.54, 1.807) is 12.1 Å². The maximum absolute atomic E-state index is 14.3. The molecule has 0 amide bonds. The monoisotopic (exact) mass is 299 g/mol. The molecule has 0 aromatic heterocycles. The number of nitrogens with zero attached hydrogens (tertiary/aromatic N) is 1. The number of rotatable bonds is 2. The molecule has 0 radical (unpaired) electrons. The average Bonchev–Trinajstić information content (AvgIpc) is 2.53. The van der Waals surface area contributed by atoms with Crippen molar-refractivity contribution >= 4 is 5.69 Å². The molecule has 0 saturated carbocycles. The van der Waals surface area contributed by atoms with Crippen molar-refractivity contribution in [1.82, 2.24) is 0 Å². The summed E-state index contributed by atoms with van der Waals surface area (Å²) < 4.78 is 27.9. The lowest BCUT2D eigenvalue weighted by atomic mass is 9.72. The molecule has 22 heavy (non-hydrogen) atoms. The van der Waals surface area contributed by atoms with Gasteiger partial charge >= 0.3 is 0 Å². The SMILES string of the molecule is C=C1CCN(c2ccccc2)CC1(C)c1cccc(F)c1F. The van der Waals surface area contributed by atoms with Gasteiger partial charge in [-0.2, -0.15) is 0 Å². The summed E-state index contributed by atoms with van der Waals surface area (Å²) in [5.41, 5.74) is 1.83. The summed E-state index contributed by atoms with van der Waals surface area (Å²) in [6.45, 7) is 7.51. The van der Waals surface area contributed by atoms with Crippen molar-refractivity contribution in [3.8, 4) is 0 Å². The van der Waals surface area contributed by atoms with Crippen LogP contribution in [0.5, 0.6) is 0 Å². The number of hydrogen-bond acceptors (Lipinski definition) is 1. The zero-order chi connectivity index (χ0) is 15.7. The Balaban J connectivity index is 2.00. The molecular weight excluding hydrogens is 280 g/mol. The van der Waals surface area contributed by atoms with Crippen LogP contribution < -0.4 is 4.90 Å². The fourth-order valence-corrected chi connectivity index (χ4v) is 3.18. The Morgan fingerprint density at radius 3 is 2.50 bits per heavy atom. The molecule has 0 bridgehead atoms. The summed E-state index contributed by atoms with van der Waals surface area (Å²) in [6.07, 6.45) is 0.765. The third-order valence-corrected chi connectivity index (χ3v) is 4.64. The van der Waals surface area contributed by atoms with Gasteiger partial charge in [0.15, 0.2) is 11.6 Å². The van der Waals surface area contributed by atoms with Crippen molar-refractivity contribution in [3.63, 3.8) is 0 Å². The number of para-hydroxylation sites is 1. The van der Waals surface area contributed by atoms with Crippen molar-refractivity contribution in [2.24, 2.45) is 0 Å². The Bertz CT molecular complexity index is 696. The highest BCUT2D eigenvalue weighted by atomic mass is 19.2. The molecule has 3 rings (SSSR count). The van der Waals surface area contributed by atoms with Crippen molar-refractivity contribution in [1.29, 1.82) is 0 Å². The predicted octanol–water partition coefficient (Wildman–Crippen LogP) is 4.69. The van der Waals surface area contributed by atoms with Crippen LogP contribution in [-0.2, 0) is 5.41 Å². The summed E-state index contributed by atoms with van der Waals surface area (Å²) in [5, 5.41) is 0. The van der Waals surface area contributed by atoms with Crippen LogP contribution in [0.25, 0.3) is 0 Å². The molecule has 1 nitrogen and oxygen atoms in total. The molecule has 0 N–H and O–H groups in total. The minimum absolute atomic E-state index is 0.387. The Morgan fingerprint density at radius 2 is 1.77 bits per heavy atom. The molecule has 3 heteroatoms. The van der Waals surface area contributed by atoms with E-state index in [2.05, 4.69) is 11.5 Å². The minimum atomic E-state index is -0.802. The first-order valence-corrected chi connectivity index (χ1v) is 7.45. The van der Waals surface area contributed by atoms with Gasteiger partial charge in [0.25, 0.3) is 0 Å². The van der Waals surface area contributed by atoms with Crippen LogP contribution in [0.2, 0.25) is 0 Å². The van der Waals surface area contributed by atoms with Crippen molar-refractivity contribution < 1.29 is 8.78 Å². The molecule has 1 unspecified atom stereocenters. The van der Waals surface area contributed by atoms with Gasteiger partial charge in [0.05, 0.1) is 0 Å². The van der Waals surface area contributed by atoms with E-state index in [0.29, 0.717) is 12.1 Å². The maximum atomic E-state index is 14.3. The van der Waals surface area contributed by atoms with E-state index in [9.17, 15) is 8.78 Å². The van der Waals surface area contributed by atoms with Crippen LogP contribution in [0.3, 0.4) is 0 Å². The summed E-state index contributed by atoms with van der Waals surface area (Å²) in [5.74, 6) is -1.57. The first kappa shape index (κ1) is 14.8. The minimum Gasteiger partial charge on any atom is -0.370 e. The summed E-state index contributed by atoms with van der Waals surface area (Å²) in [6, 6.07) is 14.4. The Hall–Kier alpha value is -2.16. The van der Waals surface area contributed by atoms with Gasteiger partial charge in [0.2, 0.25) is 0 Å². The molecule has 1 aliphatic rings. The highest BCUT2D eigenvalue weighted by Gasteiger charge is 2.38. The number of hydrogen-bond donors (Lipinski definition) is 0. The smallest absolute Gasteiger partial charge is 0.162 e. The molecule has 1 fully saturated rings. The van der Waals surface area contributed by atoms with Crippen LogP contribution in [0.4, 0.5) is 14.5 Å². The van der Waals surface area contributed by atoms with Crippen LogP contribution in [0.1, 0.15) is 18.9 Å². The topological polar surface area (TPSA) is 3.24 Å². The first-order valence-electron chi connectivity index (χ1n) is 7.45. The Kier molecular flexibility index (Phi) is 3.73. The number of anilines is 1. The number of piperidine rings is 1. The van der Waals surface area contributed by atoms with Gasteiger partial charge in [0.1, 0.15) is 0 Å². The average molecular weight is 299 g/mol. The van der Waals surface area contributed by atoms with Crippen LogP contribution in [-0.4, -0.2) is 13.1 Å². The fourth-order valence-electron chi connectivity index (χ4n) is 3.18. The van der Waals surface area contributed by atoms with E-state index in [1.165, 1.54) is 0 Å². The number of halogens is 2. The second kappa shape index (κ2) is 5.56. The number of benzene rings is 2. The summed E-state index contributed by atoms with van der Waals surface area (Å²) in [7, 11) is 0. The van der Waals surface area contributed by atoms with E-state index in [4.69, 9.17) is 0 Å². The predicted molar refractivity (Wildman–Crippen MR) is 86.1 cm³/mol. The quantitative estimate of drug-likeness (QED) is 0.727. The molecular formula is C19H19F2N. The zero-order valence-electron chi connectivity index (χ0n) is 12.7. The lowest BCUT2D eigenvalue weighted by molar-refractivity contribution is 0.431. The highest BCUT2D eigenvalue weighted by Crippen LogP contribution is 2.40. The highest BCUT2D eigenvalue weighted by molar-refractivity contribution is 5.51. The molecule has 0 aliphatic carbocycles. The Labute approximate surface area is 129 Å². The van der Waals surface area contributed by atoms with Crippen LogP contribution >= 0.6 is 0 Å². The Morgan fingerprint density at radius 1 is 1.05 bits per heavy atom. The van der Waals surface area contributed by atoms with E-state index in [1.807, 2.05) is 37.3 Å².